The van der Waals surface area contributed by atoms with E-state index in [4.69, 9.17) is 0 Å². The van der Waals surface area contributed by atoms with Gasteiger partial charge in [0.15, 0.2) is 7.85 Å². The van der Waals surface area contributed by atoms with E-state index in [1.807, 2.05) is 37.3 Å². The number of pyridine rings is 1. The van der Waals surface area contributed by atoms with Crippen molar-refractivity contribution in [3.63, 3.8) is 0 Å². The van der Waals surface area contributed by atoms with Gasteiger partial charge in [-0.2, -0.15) is 0 Å². The lowest BCUT2D eigenvalue weighted by molar-refractivity contribution is 0.0985. The summed E-state index contributed by atoms with van der Waals surface area (Å²) < 4.78 is 14.4. The topological polar surface area (TPSA) is 91.4 Å². The Morgan fingerprint density at radius 3 is 2.48 bits per heavy atom. The van der Waals surface area contributed by atoms with Crippen LogP contribution in [-0.4, -0.2) is 37.1 Å². The minimum Gasteiger partial charge on any atom is -0.322 e. The molecule has 0 fully saturated rings. The van der Waals surface area contributed by atoms with E-state index in [2.05, 4.69) is 15.6 Å². The number of carbonyl (C=O) groups excluding carboxylic acids is 3. The maximum absolute atomic E-state index is 14.4. The molecule has 3 amide bonds. The van der Waals surface area contributed by atoms with Crippen LogP contribution in [0.3, 0.4) is 0 Å². The lowest BCUT2D eigenvalue weighted by Gasteiger charge is -2.23. The summed E-state index contributed by atoms with van der Waals surface area (Å²) in [7, 11) is 1.79. The van der Waals surface area contributed by atoms with Crippen LogP contribution in [0.15, 0.2) is 85.1 Å². The summed E-state index contributed by atoms with van der Waals surface area (Å²) in [4.78, 5) is 47.2. The summed E-state index contributed by atoms with van der Waals surface area (Å²) in [5, 5.41) is 5.61. The summed E-state index contributed by atoms with van der Waals surface area (Å²) in [6.45, 7) is 4.04. The van der Waals surface area contributed by atoms with Gasteiger partial charge in [0.1, 0.15) is 5.82 Å². The first-order valence-corrected chi connectivity index (χ1v) is 15.0. The van der Waals surface area contributed by atoms with Crippen molar-refractivity contribution in [1.29, 1.82) is 0 Å². The number of amides is 3. The third kappa shape index (κ3) is 5.64. The molecule has 0 bridgehead atoms. The Balaban J connectivity index is 1.22. The molecule has 0 spiro atoms. The first-order valence-electron chi connectivity index (χ1n) is 14.1. The lowest BCUT2D eigenvalue weighted by atomic mass is 9.96. The minimum atomic E-state index is -0.481. The Morgan fingerprint density at radius 2 is 1.70 bits per heavy atom. The second kappa shape index (κ2) is 11.9. The number of carbonyl (C=O) groups is 3. The highest BCUT2D eigenvalue weighted by Gasteiger charge is 2.28. The molecular formula is C34H28BFN4O3S. The summed E-state index contributed by atoms with van der Waals surface area (Å²) >= 11 is 1.33. The van der Waals surface area contributed by atoms with Gasteiger partial charge in [-0.25, -0.2) is 4.39 Å². The van der Waals surface area contributed by atoms with Gasteiger partial charge in [0, 0.05) is 40.0 Å². The number of fused-ring (bicyclic) bond motifs is 3. The standard InChI is InChI=1S/C34H28BFN4O3S/c1-19-16-25(31(35)37-18-19)32(41)38-23-12-10-21(11-13-23)34(43)40-15-14-22-17-28(44-30(22)24-7-3-4-9-27(24)40)33(42)39-29-20(2)6-5-8-26(29)36/h3-13,16-18H,14-15,35H2,1-2H3,(H,38,41)(H,39,42). The monoisotopic (exact) mass is 602 g/mol. The Labute approximate surface area is 259 Å². The molecule has 0 saturated carbocycles. The first kappa shape index (κ1) is 29.0. The average Bonchev–Trinajstić information content (AvgIpc) is 3.38. The minimum absolute atomic E-state index is 0.169. The molecule has 1 aliphatic heterocycles. The average molecular weight is 603 g/mol. The number of thiophene rings is 1. The molecular weight excluding hydrogens is 574 g/mol. The molecule has 6 rings (SSSR count). The summed E-state index contributed by atoms with van der Waals surface area (Å²) in [5.41, 5.74) is 6.46. The van der Waals surface area contributed by atoms with Crippen LogP contribution < -0.4 is 21.1 Å². The van der Waals surface area contributed by atoms with Gasteiger partial charge < -0.3 is 15.5 Å². The number of nitrogens with one attached hydrogen (secondary N) is 2. The van der Waals surface area contributed by atoms with E-state index in [1.165, 1.54) is 17.4 Å². The van der Waals surface area contributed by atoms with Crippen molar-refractivity contribution in [2.75, 3.05) is 22.1 Å². The van der Waals surface area contributed by atoms with Crippen molar-refractivity contribution < 1.29 is 18.8 Å². The van der Waals surface area contributed by atoms with Crippen molar-refractivity contribution in [3.05, 3.63) is 124 Å². The van der Waals surface area contributed by atoms with Crippen LogP contribution in [0.4, 0.5) is 21.5 Å². The number of para-hydroxylation sites is 2. The highest BCUT2D eigenvalue weighted by molar-refractivity contribution is 7.17. The lowest BCUT2D eigenvalue weighted by Crippen LogP contribution is -2.32. The van der Waals surface area contributed by atoms with Crippen molar-refractivity contribution in [2.24, 2.45) is 0 Å². The maximum Gasteiger partial charge on any atom is 0.265 e. The third-order valence-corrected chi connectivity index (χ3v) is 8.85. The van der Waals surface area contributed by atoms with E-state index in [0.29, 0.717) is 45.8 Å². The van der Waals surface area contributed by atoms with E-state index in [0.717, 1.165) is 27.3 Å². The van der Waals surface area contributed by atoms with Gasteiger partial charge in [0.05, 0.1) is 21.8 Å². The smallest absolute Gasteiger partial charge is 0.265 e. The number of halogens is 1. The normalized spacial score (nSPS) is 12.1. The van der Waals surface area contributed by atoms with Crippen LogP contribution >= 0.6 is 11.3 Å². The highest BCUT2D eigenvalue weighted by atomic mass is 32.1. The largest absolute Gasteiger partial charge is 0.322 e. The quantitative estimate of drug-likeness (QED) is 0.259. The van der Waals surface area contributed by atoms with Crippen molar-refractivity contribution in [2.45, 2.75) is 20.3 Å². The van der Waals surface area contributed by atoms with E-state index >= 15 is 0 Å². The molecule has 3 aromatic carbocycles. The van der Waals surface area contributed by atoms with E-state index in [1.54, 1.807) is 68.3 Å². The number of benzene rings is 3. The zero-order chi connectivity index (χ0) is 31.0. The molecule has 3 heterocycles. The Bertz CT molecular complexity index is 1920. The molecule has 2 N–H and O–H groups in total. The molecule has 218 valence electrons. The molecule has 0 unspecified atom stereocenters. The SMILES string of the molecule is Bc1ncc(C)cc1C(=O)Nc1ccc(C(=O)N2CCc3cc(C(=O)Nc4c(C)cccc4F)sc3-c3ccccc32)cc1. The van der Waals surface area contributed by atoms with Crippen LogP contribution in [0.25, 0.3) is 10.4 Å². The Hall–Kier alpha value is -5.09. The van der Waals surface area contributed by atoms with Gasteiger partial charge in [-0.3, -0.25) is 19.4 Å². The molecule has 44 heavy (non-hydrogen) atoms. The Morgan fingerprint density at radius 1 is 0.932 bits per heavy atom. The molecule has 0 aliphatic carbocycles. The van der Waals surface area contributed by atoms with Crippen LogP contribution in [0.5, 0.6) is 0 Å². The predicted octanol–water partition coefficient (Wildman–Crippen LogP) is 5.53. The summed E-state index contributed by atoms with van der Waals surface area (Å²) in [5.74, 6) is -1.28. The van der Waals surface area contributed by atoms with Crippen LogP contribution in [0.1, 0.15) is 47.1 Å². The van der Waals surface area contributed by atoms with E-state index in [9.17, 15) is 18.8 Å². The fraction of sp³-hybridized carbons (Fsp3) is 0.118. The number of rotatable bonds is 5. The molecule has 7 nitrogen and oxygen atoms in total. The van der Waals surface area contributed by atoms with Crippen LogP contribution in [-0.2, 0) is 6.42 Å². The zero-order valence-corrected chi connectivity index (χ0v) is 25.2. The Kier molecular flexibility index (Phi) is 7.84. The van der Waals surface area contributed by atoms with E-state index in [-0.39, 0.29) is 23.4 Å². The first-order chi connectivity index (χ1) is 21.2. The molecule has 5 aromatic rings. The number of nitrogens with zero attached hydrogens (tertiary/aromatic N) is 2. The van der Waals surface area contributed by atoms with Crippen molar-refractivity contribution >= 4 is 59.6 Å². The molecule has 10 heteroatoms. The van der Waals surface area contributed by atoms with Crippen molar-refractivity contribution in [3.8, 4) is 10.4 Å². The molecule has 2 aromatic heterocycles. The fourth-order valence-corrected chi connectivity index (χ4v) is 6.44. The van der Waals surface area contributed by atoms with E-state index < -0.39 is 5.82 Å². The number of aryl methyl sites for hydroxylation is 2. The molecule has 1 aliphatic rings. The van der Waals surface area contributed by atoms with Gasteiger partial charge in [0.2, 0.25) is 0 Å². The van der Waals surface area contributed by atoms with Gasteiger partial charge in [-0.1, -0.05) is 30.3 Å². The maximum atomic E-state index is 14.4. The molecule has 0 atom stereocenters. The summed E-state index contributed by atoms with van der Waals surface area (Å²) in [6.07, 6.45) is 2.26. The van der Waals surface area contributed by atoms with Crippen molar-refractivity contribution in [1.82, 2.24) is 4.98 Å². The van der Waals surface area contributed by atoms with Gasteiger partial charge in [-0.15, -0.1) is 11.3 Å². The second-order valence-electron chi connectivity index (χ2n) is 10.8. The van der Waals surface area contributed by atoms with Gasteiger partial charge in [0.25, 0.3) is 17.7 Å². The van der Waals surface area contributed by atoms with Crippen LogP contribution in [0, 0.1) is 19.7 Å². The molecule has 0 saturated heterocycles. The number of aromatic nitrogens is 1. The van der Waals surface area contributed by atoms with Gasteiger partial charge >= 0.3 is 0 Å². The highest BCUT2D eigenvalue weighted by Crippen LogP contribution is 2.42. The molecule has 0 radical (unpaired) electrons. The summed E-state index contributed by atoms with van der Waals surface area (Å²) in [6, 6.07) is 22.8. The van der Waals surface area contributed by atoms with Gasteiger partial charge in [-0.05, 0) is 85.5 Å². The number of anilines is 3. The zero-order valence-electron chi connectivity index (χ0n) is 24.4. The number of hydrogen-bond acceptors (Lipinski definition) is 5. The number of hydrogen-bond donors (Lipinski definition) is 2. The predicted molar refractivity (Wildman–Crippen MR) is 176 cm³/mol. The third-order valence-electron chi connectivity index (χ3n) is 7.64. The van der Waals surface area contributed by atoms with Crippen LogP contribution in [0.2, 0.25) is 0 Å². The fourth-order valence-electron chi connectivity index (χ4n) is 5.30. The second-order valence-corrected chi connectivity index (χ2v) is 11.8.